The summed E-state index contributed by atoms with van der Waals surface area (Å²) in [7, 11) is 0. The fourth-order valence-electron chi connectivity index (χ4n) is 1.62. The zero-order chi connectivity index (χ0) is 16.0. The van der Waals surface area contributed by atoms with Gasteiger partial charge in [0.05, 0.1) is 5.56 Å². The molecule has 0 heterocycles. The number of nitrogens with one attached hydrogen (secondary N) is 1. The van der Waals surface area contributed by atoms with Gasteiger partial charge in [0.2, 0.25) is 0 Å². The third kappa shape index (κ3) is 5.39. The lowest BCUT2D eigenvalue weighted by molar-refractivity contribution is -0.140. The molecule has 1 aromatic rings. The van der Waals surface area contributed by atoms with Crippen LogP contribution < -0.4 is 5.32 Å². The van der Waals surface area contributed by atoms with Crippen LogP contribution in [0.3, 0.4) is 0 Å². The molecule has 1 rings (SSSR count). The van der Waals surface area contributed by atoms with Crippen molar-refractivity contribution >= 4 is 29.4 Å². The van der Waals surface area contributed by atoms with Crippen molar-refractivity contribution in [1.82, 2.24) is 5.32 Å². The first kappa shape index (κ1) is 16.9. The van der Waals surface area contributed by atoms with E-state index >= 15 is 0 Å². The fourth-order valence-corrected chi connectivity index (χ4v) is 1.78. The Balaban J connectivity index is 2.72. The molecule has 0 aliphatic rings. The summed E-state index contributed by atoms with van der Waals surface area (Å²) in [5.74, 6) is -4.14. The Kier molecular flexibility index (Phi) is 6.10. The van der Waals surface area contributed by atoms with Crippen LogP contribution in [-0.2, 0) is 9.59 Å². The van der Waals surface area contributed by atoms with Crippen LogP contribution in [0, 0.1) is 5.82 Å². The smallest absolute Gasteiger partial charge is 0.326 e. The SMILES string of the molecule is O=C(O)CCC[C@@H](NC(=O)c1ccc(Cl)cc1F)C(=O)O. The second kappa shape index (κ2) is 7.58. The molecule has 0 aliphatic heterocycles. The maximum atomic E-state index is 13.5. The quantitative estimate of drug-likeness (QED) is 0.712. The minimum absolute atomic E-state index is 0.0669. The van der Waals surface area contributed by atoms with E-state index in [2.05, 4.69) is 5.32 Å². The largest absolute Gasteiger partial charge is 0.481 e. The van der Waals surface area contributed by atoms with Crippen LogP contribution in [0.15, 0.2) is 18.2 Å². The summed E-state index contributed by atoms with van der Waals surface area (Å²) in [6.07, 6.45) is -0.201. The van der Waals surface area contributed by atoms with Gasteiger partial charge in [-0.05, 0) is 31.0 Å². The summed E-state index contributed by atoms with van der Waals surface area (Å²) >= 11 is 5.55. The first-order valence-electron chi connectivity index (χ1n) is 6.01. The number of carboxylic acid groups (broad SMARTS) is 2. The Morgan fingerprint density at radius 2 is 1.95 bits per heavy atom. The molecule has 0 aliphatic carbocycles. The Labute approximate surface area is 124 Å². The number of aliphatic carboxylic acids is 2. The monoisotopic (exact) mass is 317 g/mol. The second-order valence-electron chi connectivity index (χ2n) is 4.27. The van der Waals surface area contributed by atoms with E-state index < -0.39 is 29.7 Å². The van der Waals surface area contributed by atoms with Gasteiger partial charge in [-0.1, -0.05) is 11.6 Å². The van der Waals surface area contributed by atoms with Gasteiger partial charge in [-0.2, -0.15) is 0 Å². The van der Waals surface area contributed by atoms with Gasteiger partial charge in [-0.25, -0.2) is 9.18 Å². The zero-order valence-corrected chi connectivity index (χ0v) is 11.6. The minimum Gasteiger partial charge on any atom is -0.481 e. The van der Waals surface area contributed by atoms with Gasteiger partial charge in [-0.3, -0.25) is 9.59 Å². The summed E-state index contributed by atoms with van der Waals surface area (Å²) in [6, 6.07) is 2.10. The van der Waals surface area contributed by atoms with Crippen LogP contribution >= 0.6 is 11.6 Å². The van der Waals surface area contributed by atoms with Gasteiger partial charge in [0.15, 0.2) is 0 Å². The molecule has 8 heteroatoms. The molecule has 114 valence electrons. The maximum Gasteiger partial charge on any atom is 0.326 e. The number of hydrogen-bond donors (Lipinski definition) is 3. The van der Waals surface area contributed by atoms with Gasteiger partial charge in [-0.15, -0.1) is 0 Å². The van der Waals surface area contributed by atoms with Crippen LogP contribution in [0.25, 0.3) is 0 Å². The van der Waals surface area contributed by atoms with E-state index in [1.54, 1.807) is 0 Å². The summed E-state index contributed by atoms with van der Waals surface area (Å²) < 4.78 is 13.5. The molecule has 21 heavy (non-hydrogen) atoms. The standard InChI is InChI=1S/C13H13ClFNO5/c14-7-4-5-8(9(15)6-7)12(19)16-10(13(20)21)2-1-3-11(17)18/h4-6,10H,1-3H2,(H,16,19)(H,17,18)(H,20,21)/t10-/m1/s1. The molecule has 0 bridgehead atoms. The molecule has 0 radical (unpaired) electrons. The predicted molar refractivity (Wildman–Crippen MR) is 71.8 cm³/mol. The molecule has 0 fully saturated rings. The highest BCUT2D eigenvalue weighted by molar-refractivity contribution is 6.30. The van der Waals surface area contributed by atoms with Crippen molar-refractivity contribution in [3.8, 4) is 0 Å². The Morgan fingerprint density at radius 1 is 1.29 bits per heavy atom. The van der Waals surface area contributed by atoms with E-state index in [9.17, 15) is 18.8 Å². The maximum absolute atomic E-state index is 13.5. The molecule has 0 spiro atoms. The van der Waals surface area contributed by atoms with Crippen molar-refractivity contribution in [3.63, 3.8) is 0 Å². The summed E-state index contributed by atoms with van der Waals surface area (Å²) in [4.78, 5) is 33.2. The van der Waals surface area contributed by atoms with Crippen molar-refractivity contribution in [2.45, 2.75) is 25.3 Å². The van der Waals surface area contributed by atoms with E-state index in [1.165, 1.54) is 6.07 Å². The molecule has 6 nitrogen and oxygen atoms in total. The molecule has 1 atom stereocenters. The van der Waals surface area contributed by atoms with Crippen LogP contribution in [0.5, 0.6) is 0 Å². The van der Waals surface area contributed by atoms with Crippen molar-refractivity contribution in [3.05, 3.63) is 34.6 Å². The van der Waals surface area contributed by atoms with Gasteiger partial charge in [0.1, 0.15) is 11.9 Å². The molecular formula is C13H13ClFNO5. The Hall–Kier alpha value is -2.15. The highest BCUT2D eigenvalue weighted by Gasteiger charge is 2.22. The lowest BCUT2D eigenvalue weighted by Gasteiger charge is -2.14. The second-order valence-corrected chi connectivity index (χ2v) is 4.71. The van der Waals surface area contributed by atoms with Crippen LogP contribution in [0.4, 0.5) is 4.39 Å². The van der Waals surface area contributed by atoms with Crippen LogP contribution in [0.1, 0.15) is 29.6 Å². The van der Waals surface area contributed by atoms with E-state index in [0.717, 1.165) is 12.1 Å². The van der Waals surface area contributed by atoms with E-state index in [4.69, 9.17) is 21.8 Å². The third-order valence-corrected chi connectivity index (χ3v) is 2.90. The van der Waals surface area contributed by atoms with Gasteiger partial charge in [0.25, 0.3) is 5.91 Å². The lowest BCUT2D eigenvalue weighted by Crippen LogP contribution is -2.41. The summed E-state index contributed by atoms with van der Waals surface area (Å²) in [6.45, 7) is 0. The number of carbonyl (C=O) groups excluding carboxylic acids is 1. The minimum atomic E-state index is -1.32. The van der Waals surface area contributed by atoms with Crippen molar-refractivity contribution in [1.29, 1.82) is 0 Å². The summed E-state index contributed by atoms with van der Waals surface area (Å²) in [5.41, 5.74) is -0.330. The number of benzene rings is 1. The average Bonchev–Trinajstić information content (AvgIpc) is 2.36. The van der Waals surface area contributed by atoms with Gasteiger partial charge >= 0.3 is 11.9 Å². The van der Waals surface area contributed by atoms with Crippen LogP contribution in [0.2, 0.25) is 5.02 Å². The molecule has 0 unspecified atom stereocenters. The number of halogens is 2. The topological polar surface area (TPSA) is 104 Å². The van der Waals surface area contributed by atoms with Crippen LogP contribution in [-0.4, -0.2) is 34.1 Å². The lowest BCUT2D eigenvalue weighted by atomic mass is 10.1. The Bertz CT molecular complexity index is 563. The van der Waals surface area contributed by atoms with Gasteiger partial charge < -0.3 is 15.5 Å². The molecule has 1 aromatic carbocycles. The number of amides is 1. The van der Waals surface area contributed by atoms with E-state index in [1.807, 2.05) is 0 Å². The summed E-state index contributed by atoms with van der Waals surface area (Å²) in [5, 5.41) is 19.7. The van der Waals surface area contributed by atoms with Crippen molar-refractivity contribution in [2.75, 3.05) is 0 Å². The third-order valence-electron chi connectivity index (χ3n) is 2.66. The molecule has 0 saturated carbocycles. The fraction of sp³-hybridized carbons (Fsp3) is 0.308. The van der Waals surface area contributed by atoms with E-state index in [-0.39, 0.29) is 29.8 Å². The number of carboxylic acids is 2. The van der Waals surface area contributed by atoms with Gasteiger partial charge in [0, 0.05) is 11.4 Å². The molecule has 0 aromatic heterocycles. The molecule has 3 N–H and O–H groups in total. The molecule has 1 amide bonds. The normalized spacial score (nSPS) is 11.7. The highest BCUT2D eigenvalue weighted by atomic mass is 35.5. The Morgan fingerprint density at radius 3 is 2.48 bits per heavy atom. The molecule has 0 saturated heterocycles. The molecular weight excluding hydrogens is 305 g/mol. The first-order chi connectivity index (χ1) is 9.81. The highest BCUT2D eigenvalue weighted by Crippen LogP contribution is 2.15. The van der Waals surface area contributed by atoms with E-state index in [0.29, 0.717) is 0 Å². The van der Waals surface area contributed by atoms with Crippen molar-refractivity contribution in [2.24, 2.45) is 0 Å². The number of carbonyl (C=O) groups is 3. The number of hydrogen-bond acceptors (Lipinski definition) is 3. The zero-order valence-electron chi connectivity index (χ0n) is 10.8. The van der Waals surface area contributed by atoms with Crippen molar-refractivity contribution < 1.29 is 29.0 Å². The number of rotatable bonds is 7. The first-order valence-corrected chi connectivity index (χ1v) is 6.39. The average molecular weight is 318 g/mol. The predicted octanol–water partition coefficient (Wildman–Crippen LogP) is 1.92.